The Kier molecular flexibility index (Phi) is 11.1. The molecule has 0 spiro atoms. The minimum absolute atomic E-state index is 0.0465. The third-order valence-corrected chi connectivity index (χ3v) is 12.2. The average molecular weight is 511 g/mol. The maximum Gasteiger partial charge on any atom is 0.330 e. The number of hydrogen-bond donors (Lipinski definition) is 0. The van der Waals surface area contributed by atoms with Gasteiger partial charge in [0, 0.05) is 18.4 Å². The third-order valence-electron chi connectivity index (χ3n) is 7.70. The van der Waals surface area contributed by atoms with Crippen molar-refractivity contribution in [3.8, 4) is 0 Å². The van der Waals surface area contributed by atoms with Gasteiger partial charge in [0.05, 0.1) is 6.10 Å². The Labute approximate surface area is 220 Å². The van der Waals surface area contributed by atoms with Crippen molar-refractivity contribution < 1.29 is 18.8 Å². The standard InChI is InChI=1S/C31H46O4Si/c1-9-26-19-20-29(33)34-30(26)24(3)21-23(2)28(35-36(7,8)31(4,5)6)22-27(32)18-14-13-17-25-15-11-10-12-16-25/h10-20,23-24,26,28,30H,9,21-22H2,1-8H3/b17-13+,18-14+/t23-,24-,26-,28+,30-/m1/s1. The predicted octanol–water partition coefficient (Wildman–Crippen LogP) is 7.78. The van der Waals surface area contributed by atoms with E-state index in [-0.39, 0.29) is 46.8 Å². The largest absolute Gasteiger partial charge is 0.458 e. The highest BCUT2D eigenvalue weighted by atomic mass is 28.4. The maximum absolute atomic E-state index is 13.0. The van der Waals surface area contributed by atoms with Gasteiger partial charge in [0.15, 0.2) is 14.1 Å². The zero-order valence-corrected chi connectivity index (χ0v) is 24.5. The second-order valence-corrected chi connectivity index (χ2v) is 16.5. The summed E-state index contributed by atoms with van der Waals surface area (Å²) >= 11 is 0. The smallest absolute Gasteiger partial charge is 0.330 e. The van der Waals surface area contributed by atoms with Gasteiger partial charge in [-0.25, -0.2) is 4.79 Å². The number of esters is 1. The number of allylic oxidation sites excluding steroid dienone is 3. The third kappa shape index (κ3) is 9.01. The number of carbonyl (C=O) groups excluding carboxylic acids is 2. The minimum Gasteiger partial charge on any atom is -0.458 e. The Hall–Kier alpha value is -2.24. The topological polar surface area (TPSA) is 52.6 Å². The first kappa shape index (κ1) is 30.0. The molecular formula is C31H46O4Si. The number of carbonyl (C=O) groups is 2. The predicted molar refractivity (Wildman–Crippen MR) is 152 cm³/mol. The van der Waals surface area contributed by atoms with Crippen LogP contribution in [-0.2, 0) is 18.8 Å². The zero-order chi connectivity index (χ0) is 26.9. The molecule has 0 saturated carbocycles. The van der Waals surface area contributed by atoms with Crippen LogP contribution in [0, 0.1) is 17.8 Å². The fraction of sp³-hybridized carbons (Fsp3) is 0.548. The molecule has 1 aliphatic rings. The van der Waals surface area contributed by atoms with Gasteiger partial charge in [0.2, 0.25) is 0 Å². The molecule has 1 aromatic carbocycles. The molecule has 0 unspecified atom stereocenters. The summed E-state index contributed by atoms with van der Waals surface area (Å²) in [6.45, 7) is 17.6. The van der Waals surface area contributed by atoms with E-state index in [1.165, 1.54) is 0 Å². The van der Waals surface area contributed by atoms with Crippen LogP contribution in [-0.4, -0.2) is 32.3 Å². The van der Waals surface area contributed by atoms with Crippen molar-refractivity contribution >= 4 is 26.1 Å². The zero-order valence-electron chi connectivity index (χ0n) is 23.5. The molecule has 1 heterocycles. The van der Waals surface area contributed by atoms with Crippen molar-refractivity contribution in [2.24, 2.45) is 17.8 Å². The Morgan fingerprint density at radius 3 is 2.42 bits per heavy atom. The molecule has 0 fully saturated rings. The van der Waals surface area contributed by atoms with Crippen LogP contribution in [0.2, 0.25) is 18.1 Å². The minimum atomic E-state index is -2.09. The maximum atomic E-state index is 13.0. The Morgan fingerprint density at radius 2 is 1.81 bits per heavy atom. The number of hydrogen-bond acceptors (Lipinski definition) is 4. The summed E-state index contributed by atoms with van der Waals surface area (Å²) in [5, 5.41) is 0.0465. The molecule has 36 heavy (non-hydrogen) atoms. The van der Waals surface area contributed by atoms with E-state index in [1.807, 2.05) is 54.6 Å². The summed E-state index contributed by atoms with van der Waals surface area (Å²) in [4.78, 5) is 24.9. The first-order chi connectivity index (χ1) is 16.8. The molecule has 198 valence electrons. The van der Waals surface area contributed by atoms with E-state index in [2.05, 4.69) is 54.6 Å². The summed E-state index contributed by atoms with van der Waals surface area (Å²) in [7, 11) is -2.09. The van der Waals surface area contributed by atoms with E-state index in [0.29, 0.717) is 6.42 Å². The monoisotopic (exact) mass is 510 g/mol. The van der Waals surface area contributed by atoms with Crippen LogP contribution in [0.3, 0.4) is 0 Å². The van der Waals surface area contributed by atoms with Crippen LogP contribution >= 0.6 is 0 Å². The van der Waals surface area contributed by atoms with E-state index in [1.54, 1.807) is 12.2 Å². The fourth-order valence-electron chi connectivity index (χ4n) is 4.43. The summed E-state index contributed by atoms with van der Waals surface area (Å²) in [5.74, 6) is 0.347. The lowest BCUT2D eigenvalue weighted by Gasteiger charge is -2.41. The van der Waals surface area contributed by atoms with E-state index in [4.69, 9.17) is 9.16 Å². The second-order valence-electron chi connectivity index (χ2n) is 11.7. The van der Waals surface area contributed by atoms with E-state index < -0.39 is 8.32 Å². The Balaban J connectivity index is 2.12. The molecule has 0 aromatic heterocycles. The highest BCUT2D eigenvalue weighted by molar-refractivity contribution is 6.74. The first-order valence-corrected chi connectivity index (χ1v) is 16.2. The normalized spacial score (nSPS) is 21.5. The molecule has 0 amide bonds. The summed E-state index contributed by atoms with van der Waals surface area (Å²) in [6.07, 6.45) is 12.7. The highest BCUT2D eigenvalue weighted by Gasteiger charge is 2.41. The van der Waals surface area contributed by atoms with Crippen LogP contribution < -0.4 is 0 Å². The molecule has 0 N–H and O–H groups in total. The van der Waals surface area contributed by atoms with Crippen LogP contribution in [0.15, 0.2) is 60.7 Å². The second kappa shape index (κ2) is 13.3. The summed E-state index contributed by atoms with van der Waals surface area (Å²) in [5.41, 5.74) is 1.10. The molecule has 5 heteroatoms. The first-order valence-electron chi connectivity index (χ1n) is 13.3. The van der Waals surface area contributed by atoms with Crippen molar-refractivity contribution in [3.05, 3.63) is 66.3 Å². The van der Waals surface area contributed by atoms with Gasteiger partial charge >= 0.3 is 5.97 Å². The molecule has 0 bridgehead atoms. The van der Waals surface area contributed by atoms with Gasteiger partial charge in [-0.05, 0) is 54.4 Å². The fourth-order valence-corrected chi connectivity index (χ4v) is 5.85. The van der Waals surface area contributed by atoms with Gasteiger partial charge in [-0.15, -0.1) is 0 Å². The highest BCUT2D eigenvalue weighted by Crippen LogP contribution is 2.39. The summed E-state index contributed by atoms with van der Waals surface area (Å²) < 4.78 is 12.5. The van der Waals surface area contributed by atoms with Gasteiger partial charge in [0.25, 0.3) is 0 Å². The molecule has 0 saturated heterocycles. The van der Waals surface area contributed by atoms with Crippen molar-refractivity contribution in [2.75, 3.05) is 0 Å². The molecule has 2 rings (SSSR count). The number of rotatable bonds is 12. The SMILES string of the molecule is CC[C@@H]1C=CC(=O)O[C@@H]1[C@H](C)C[C@@H](C)[C@H](CC(=O)/C=C/C=C/c1ccccc1)O[Si](C)(C)C(C)(C)C. The van der Waals surface area contributed by atoms with Crippen molar-refractivity contribution in [2.45, 2.75) is 91.1 Å². The lowest BCUT2D eigenvalue weighted by Crippen LogP contribution is -2.46. The molecule has 1 aromatic rings. The molecule has 1 aliphatic heterocycles. The Bertz CT molecular complexity index is 939. The number of ether oxygens (including phenoxy) is 1. The number of cyclic esters (lactones) is 1. The van der Waals surface area contributed by atoms with Crippen LogP contribution in [0.25, 0.3) is 6.08 Å². The van der Waals surface area contributed by atoms with Gasteiger partial charge in [-0.2, -0.15) is 0 Å². The van der Waals surface area contributed by atoms with Gasteiger partial charge < -0.3 is 9.16 Å². The summed E-state index contributed by atoms with van der Waals surface area (Å²) in [6, 6.07) is 10.0. The lowest BCUT2D eigenvalue weighted by atomic mass is 9.81. The number of ketones is 1. The molecule has 5 atom stereocenters. The van der Waals surface area contributed by atoms with E-state index >= 15 is 0 Å². The molecule has 0 radical (unpaired) electrons. The van der Waals surface area contributed by atoms with Crippen molar-refractivity contribution in [1.29, 1.82) is 0 Å². The van der Waals surface area contributed by atoms with Gasteiger partial charge in [-0.3, -0.25) is 4.79 Å². The molecule has 0 aliphatic carbocycles. The molecule has 4 nitrogen and oxygen atoms in total. The van der Waals surface area contributed by atoms with Crippen molar-refractivity contribution in [3.63, 3.8) is 0 Å². The molecular weight excluding hydrogens is 464 g/mol. The van der Waals surface area contributed by atoms with E-state index in [9.17, 15) is 9.59 Å². The van der Waals surface area contributed by atoms with E-state index in [0.717, 1.165) is 18.4 Å². The van der Waals surface area contributed by atoms with Crippen LogP contribution in [0.5, 0.6) is 0 Å². The lowest BCUT2D eigenvalue weighted by molar-refractivity contribution is -0.150. The van der Waals surface area contributed by atoms with Crippen LogP contribution in [0.4, 0.5) is 0 Å². The van der Waals surface area contributed by atoms with Gasteiger partial charge in [-0.1, -0.05) is 96.2 Å². The van der Waals surface area contributed by atoms with Crippen molar-refractivity contribution in [1.82, 2.24) is 0 Å². The van der Waals surface area contributed by atoms with Crippen LogP contribution in [0.1, 0.15) is 66.4 Å². The quantitative estimate of drug-likeness (QED) is 0.125. The van der Waals surface area contributed by atoms with Gasteiger partial charge in [0.1, 0.15) is 6.10 Å². The average Bonchev–Trinajstić information content (AvgIpc) is 2.81. The Morgan fingerprint density at radius 1 is 1.14 bits per heavy atom. The number of benzene rings is 1.